The smallest absolute Gasteiger partial charge is 0.0145 e. The second kappa shape index (κ2) is 25.2. The van der Waals surface area contributed by atoms with Crippen LogP contribution in [0.1, 0.15) is 155 Å². The van der Waals surface area contributed by atoms with E-state index in [2.05, 4.69) is 45.7 Å². The predicted molar refractivity (Wildman–Crippen MR) is 143 cm³/mol. The van der Waals surface area contributed by atoms with E-state index in [-0.39, 0.29) is 0 Å². The topological polar surface area (TPSA) is 0 Å². The summed E-state index contributed by atoms with van der Waals surface area (Å²) in [5.41, 5.74) is 0. The highest BCUT2D eigenvalue weighted by Crippen LogP contribution is 2.20. The molecule has 0 aromatic heterocycles. The summed E-state index contributed by atoms with van der Waals surface area (Å²) in [5, 5.41) is 1.18. The molecule has 0 nitrogen and oxygen atoms in total. The van der Waals surface area contributed by atoms with Gasteiger partial charge in [-0.25, -0.2) is 0 Å². The van der Waals surface area contributed by atoms with Crippen molar-refractivity contribution in [3.05, 3.63) is 0 Å². The van der Waals surface area contributed by atoms with E-state index in [1.807, 2.05) is 0 Å². The van der Waals surface area contributed by atoms with Crippen molar-refractivity contribution in [3.63, 3.8) is 0 Å². The highest BCUT2D eigenvalue weighted by Gasteiger charge is 2.04. The van der Waals surface area contributed by atoms with Crippen LogP contribution in [0.4, 0.5) is 0 Å². The molecule has 0 aliphatic heterocycles. The first-order chi connectivity index (χ1) is 14.2. The third-order valence-corrected chi connectivity index (χ3v) is 7.68. The van der Waals surface area contributed by atoms with E-state index >= 15 is 0 Å². The van der Waals surface area contributed by atoms with E-state index < -0.39 is 0 Å². The Morgan fingerprint density at radius 1 is 0.414 bits per heavy atom. The van der Waals surface area contributed by atoms with E-state index in [9.17, 15) is 0 Å². The van der Waals surface area contributed by atoms with Crippen molar-refractivity contribution in [2.45, 2.75) is 160 Å². The van der Waals surface area contributed by atoms with Gasteiger partial charge in [0, 0.05) is 10.2 Å². The Morgan fingerprint density at radius 2 is 0.690 bits per heavy atom. The zero-order valence-corrected chi connectivity index (χ0v) is 23.3. The van der Waals surface area contributed by atoms with Crippen LogP contribution in [0, 0.1) is 5.92 Å². The molecule has 0 amide bonds. The van der Waals surface area contributed by atoms with Gasteiger partial charge in [0.1, 0.15) is 0 Å². The molecule has 1 atom stereocenters. The molecule has 0 aliphatic carbocycles. The van der Waals surface area contributed by atoms with Crippen molar-refractivity contribution in [1.82, 2.24) is 0 Å². The largest absolute Gasteiger partial charge is 0.0928 e. The average molecular weight is 539 g/mol. The van der Waals surface area contributed by atoms with E-state index in [0.29, 0.717) is 0 Å². The van der Waals surface area contributed by atoms with Gasteiger partial charge in [0.15, 0.2) is 0 Å². The highest BCUT2D eigenvalue weighted by atomic mass is 79.9. The second-order valence-electron chi connectivity index (χ2n) is 9.76. The second-order valence-corrected chi connectivity index (χ2v) is 11.9. The molecule has 0 rings (SSSR count). The Hall–Kier alpha value is 0.960. The van der Waals surface area contributed by atoms with Gasteiger partial charge in [0.05, 0.1) is 0 Å². The molecule has 0 aromatic rings. The molecular weight excluding hydrogens is 484 g/mol. The molecule has 0 fully saturated rings. The van der Waals surface area contributed by atoms with Gasteiger partial charge in [-0.05, 0) is 25.2 Å². The SMILES string of the molecule is CC(C)CCCCCCCCCCCCCC(Br)CCCCCCCCCCBr. The van der Waals surface area contributed by atoms with Crippen molar-refractivity contribution in [2.24, 2.45) is 5.92 Å². The Bertz CT molecular complexity index is 290. The molecule has 0 aliphatic rings. The van der Waals surface area contributed by atoms with Gasteiger partial charge < -0.3 is 0 Å². The fraction of sp³-hybridized carbons (Fsp3) is 1.00. The molecule has 0 spiro atoms. The maximum atomic E-state index is 3.92. The van der Waals surface area contributed by atoms with Gasteiger partial charge in [-0.15, -0.1) is 0 Å². The number of alkyl halides is 2. The Kier molecular flexibility index (Phi) is 26.1. The minimum Gasteiger partial charge on any atom is -0.0928 e. The van der Waals surface area contributed by atoms with E-state index in [4.69, 9.17) is 0 Å². The van der Waals surface area contributed by atoms with E-state index in [0.717, 1.165) is 10.7 Å². The molecule has 1 unspecified atom stereocenters. The number of unbranched alkanes of at least 4 members (excludes halogenated alkanes) is 17. The van der Waals surface area contributed by atoms with Crippen molar-refractivity contribution in [3.8, 4) is 0 Å². The first-order valence-electron chi connectivity index (χ1n) is 13.4. The van der Waals surface area contributed by atoms with Crippen LogP contribution < -0.4 is 0 Å². The molecule has 0 saturated heterocycles. The molecule has 2 heteroatoms. The molecule has 0 radical (unpaired) electrons. The van der Waals surface area contributed by atoms with Crippen LogP contribution in [0.25, 0.3) is 0 Å². The molecule has 0 N–H and O–H groups in total. The van der Waals surface area contributed by atoms with Gasteiger partial charge in [-0.1, -0.05) is 168 Å². The minimum atomic E-state index is 0.775. The van der Waals surface area contributed by atoms with Gasteiger partial charge in [0.2, 0.25) is 0 Å². The zero-order chi connectivity index (χ0) is 21.4. The molecule has 29 heavy (non-hydrogen) atoms. The van der Waals surface area contributed by atoms with Crippen LogP contribution in [0.15, 0.2) is 0 Å². The van der Waals surface area contributed by atoms with Crippen molar-refractivity contribution >= 4 is 31.9 Å². The number of halogens is 2. The standard InChI is InChI=1S/C27H54Br2/c1-26(2)22-18-14-10-6-4-3-5-7-11-15-19-23-27(29)24-20-16-12-8-9-13-17-21-25-28/h26-27H,3-25H2,1-2H3. The Labute approximate surface area is 202 Å². The molecule has 0 bridgehead atoms. The quantitative estimate of drug-likeness (QED) is 0.0847. The minimum absolute atomic E-state index is 0.775. The Balaban J connectivity index is 3.13. The van der Waals surface area contributed by atoms with Gasteiger partial charge in [-0.2, -0.15) is 0 Å². The lowest BCUT2D eigenvalue weighted by molar-refractivity contribution is 0.502. The van der Waals surface area contributed by atoms with Gasteiger partial charge in [0.25, 0.3) is 0 Å². The molecule has 0 saturated carbocycles. The summed E-state index contributed by atoms with van der Waals surface area (Å²) in [6.07, 6.45) is 31.7. The molecule has 0 aromatic carbocycles. The normalized spacial score (nSPS) is 12.7. The number of hydrogen-bond acceptors (Lipinski definition) is 0. The van der Waals surface area contributed by atoms with Crippen LogP contribution in [-0.4, -0.2) is 10.2 Å². The summed E-state index contributed by atoms with van der Waals surface area (Å²) in [4.78, 5) is 0.775. The summed E-state index contributed by atoms with van der Waals surface area (Å²) in [5.74, 6) is 0.892. The predicted octanol–water partition coefficient (Wildman–Crippen LogP) is 11.4. The lowest BCUT2D eigenvalue weighted by Crippen LogP contribution is -1.98. The molecular formula is C27H54Br2. The third kappa shape index (κ3) is 26.9. The molecule has 176 valence electrons. The van der Waals surface area contributed by atoms with Crippen molar-refractivity contribution < 1.29 is 0 Å². The maximum absolute atomic E-state index is 3.92. The monoisotopic (exact) mass is 536 g/mol. The highest BCUT2D eigenvalue weighted by molar-refractivity contribution is 9.09. The Morgan fingerprint density at radius 3 is 1.00 bits per heavy atom. The summed E-state index contributed by atoms with van der Waals surface area (Å²) in [6.45, 7) is 4.68. The lowest BCUT2D eigenvalue weighted by Gasteiger charge is -2.09. The molecule has 0 heterocycles. The summed E-state index contributed by atoms with van der Waals surface area (Å²) >= 11 is 7.43. The van der Waals surface area contributed by atoms with Crippen LogP contribution >= 0.6 is 31.9 Å². The zero-order valence-electron chi connectivity index (χ0n) is 20.2. The fourth-order valence-corrected chi connectivity index (χ4v) is 5.22. The van der Waals surface area contributed by atoms with Gasteiger partial charge >= 0.3 is 0 Å². The average Bonchev–Trinajstić information content (AvgIpc) is 2.70. The van der Waals surface area contributed by atoms with Crippen molar-refractivity contribution in [1.29, 1.82) is 0 Å². The van der Waals surface area contributed by atoms with E-state index in [1.165, 1.54) is 147 Å². The van der Waals surface area contributed by atoms with Crippen LogP contribution in [-0.2, 0) is 0 Å². The van der Waals surface area contributed by atoms with Crippen molar-refractivity contribution in [2.75, 3.05) is 5.33 Å². The summed E-state index contributed by atoms with van der Waals surface area (Å²) in [6, 6.07) is 0. The van der Waals surface area contributed by atoms with Crippen LogP contribution in [0.5, 0.6) is 0 Å². The lowest BCUT2D eigenvalue weighted by atomic mass is 10.0. The number of rotatable bonds is 24. The maximum Gasteiger partial charge on any atom is 0.0145 e. The summed E-state index contributed by atoms with van der Waals surface area (Å²) < 4.78 is 0. The third-order valence-electron chi connectivity index (χ3n) is 6.20. The summed E-state index contributed by atoms with van der Waals surface area (Å²) in [7, 11) is 0. The van der Waals surface area contributed by atoms with Crippen LogP contribution in [0.2, 0.25) is 0 Å². The first kappa shape index (κ1) is 30.0. The van der Waals surface area contributed by atoms with E-state index in [1.54, 1.807) is 0 Å². The van der Waals surface area contributed by atoms with Crippen LogP contribution in [0.3, 0.4) is 0 Å². The van der Waals surface area contributed by atoms with Gasteiger partial charge in [-0.3, -0.25) is 0 Å². The number of hydrogen-bond donors (Lipinski definition) is 0. The fourth-order valence-electron chi connectivity index (χ4n) is 4.17. The first-order valence-corrected chi connectivity index (χ1v) is 15.4.